The average molecular weight is 621 g/mol. The lowest BCUT2D eigenvalue weighted by atomic mass is 9.74. The molecule has 1 amide bonds. The summed E-state index contributed by atoms with van der Waals surface area (Å²) in [4.78, 5) is 16.3. The number of hydrogen-bond acceptors (Lipinski definition) is 4. The largest absolute Gasteiger partial charge is 0.435 e. The van der Waals surface area contributed by atoms with E-state index in [2.05, 4.69) is 10.3 Å². The number of carbonyl (C=O) groups excluding carboxylic acids is 1. The van der Waals surface area contributed by atoms with E-state index in [4.69, 9.17) is 0 Å². The van der Waals surface area contributed by atoms with Gasteiger partial charge in [0.25, 0.3) is 5.91 Å². The van der Waals surface area contributed by atoms with Gasteiger partial charge in [0.2, 0.25) is 0 Å². The first kappa shape index (κ1) is 31.4. The van der Waals surface area contributed by atoms with Gasteiger partial charge in [-0.3, -0.25) is 9.78 Å². The van der Waals surface area contributed by atoms with Crippen molar-refractivity contribution in [1.82, 2.24) is 10.3 Å². The van der Waals surface area contributed by atoms with Gasteiger partial charge in [-0.1, -0.05) is 31.2 Å². The molecule has 14 heteroatoms. The molecule has 1 N–H and O–H groups in total. The minimum absolute atomic E-state index is 0.0491. The van der Waals surface area contributed by atoms with Crippen molar-refractivity contribution in [3.05, 3.63) is 95.6 Å². The van der Waals surface area contributed by atoms with Gasteiger partial charge in [-0.05, 0) is 67.1 Å². The number of hydrogen-bond donors (Lipinski definition) is 1. The Labute approximate surface area is 235 Å². The van der Waals surface area contributed by atoms with E-state index in [1.165, 1.54) is 18.5 Å². The molecule has 5 nitrogen and oxygen atoms in total. The fraction of sp³-hybridized carbons (Fsp3) is 0.357. The fourth-order valence-electron chi connectivity index (χ4n) is 5.39. The highest BCUT2D eigenvalue weighted by atomic mass is 32.2. The van der Waals surface area contributed by atoms with Gasteiger partial charge in [-0.25, -0.2) is 17.2 Å². The number of halogens is 8. The summed E-state index contributed by atoms with van der Waals surface area (Å²) < 4.78 is 134. The van der Waals surface area contributed by atoms with Crippen LogP contribution in [-0.4, -0.2) is 37.7 Å². The summed E-state index contributed by atoms with van der Waals surface area (Å²) in [5.74, 6) is -1.78. The van der Waals surface area contributed by atoms with Gasteiger partial charge in [0, 0.05) is 24.0 Å². The normalized spacial score (nSPS) is 22.0. The van der Waals surface area contributed by atoms with Crippen molar-refractivity contribution in [2.75, 3.05) is 0 Å². The molecular weight excluding hydrogens is 596 g/mol. The predicted octanol–water partition coefficient (Wildman–Crippen LogP) is 6.80. The molecule has 0 bridgehead atoms. The second kappa shape index (κ2) is 10.9. The lowest BCUT2D eigenvalue weighted by Gasteiger charge is -2.44. The van der Waals surface area contributed by atoms with Gasteiger partial charge >= 0.3 is 18.0 Å². The summed E-state index contributed by atoms with van der Waals surface area (Å²) in [6.07, 6.45) is -10.3. The summed E-state index contributed by atoms with van der Waals surface area (Å²) in [7, 11) is -4.46. The second-order valence-corrected chi connectivity index (χ2v) is 12.5. The molecule has 3 aromatic rings. The van der Waals surface area contributed by atoms with Crippen molar-refractivity contribution in [2.45, 2.75) is 59.9 Å². The first-order chi connectivity index (χ1) is 19.4. The van der Waals surface area contributed by atoms with Crippen LogP contribution in [0.25, 0.3) is 0 Å². The molecule has 1 unspecified atom stereocenters. The third kappa shape index (κ3) is 5.36. The summed E-state index contributed by atoms with van der Waals surface area (Å²) >= 11 is 0. The molecule has 226 valence electrons. The van der Waals surface area contributed by atoms with Gasteiger partial charge in [0.1, 0.15) is 10.6 Å². The highest BCUT2D eigenvalue weighted by Crippen LogP contribution is 2.54. The Hall–Kier alpha value is -3.55. The molecule has 0 radical (unpaired) electrons. The number of amides is 1. The van der Waals surface area contributed by atoms with Crippen molar-refractivity contribution in [1.29, 1.82) is 0 Å². The molecule has 42 heavy (non-hydrogen) atoms. The minimum atomic E-state index is -6.34. The average Bonchev–Trinajstić information content (AvgIpc) is 2.93. The third-order valence-electron chi connectivity index (χ3n) is 7.67. The van der Waals surface area contributed by atoms with Crippen molar-refractivity contribution in [3.8, 4) is 0 Å². The first-order valence-corrected chi connectivity index (χ1v) is 14.1. The highest BCUT2D eigenvalue weighted by molar-refractivity contribution is 7.92. The number of aromatic nitrogens is 1. The van der Waals surface area contributed by atoms with Crippen molar-refractivity contribution in [3.63, 3.8) is 0 Å². The number of rotatable bonds is 6. The van der Waals surface area contributed by atoms with Crippen LogP contribution < -0.4 is 5.32 Å². The zero-order valence-corrected chi connectivity index (χ0v) is 22.6. The minimum Gasteiger partial charge on any atom is -0.349 e. The number of pyridine rings is 1. The predicted molar refractivity (Wildman–Crippen MR) is 135 cm³/mol. The van der Waals surface area contributed by atoms with Crippen LogP contribution in [0, 0.1) is 11.7 Å². The Kier molecular flexibility index (Phi) is 8.17. The summed E-state index contributed by atoms with van der Waals surface area (Å²) in [6, 6.07) is 8.35. The van der Waals surface area contributed by atoms with E-state index < -0.39 is 61.9 Å². The molecule has 2 aromatic carbocycles. The monoisotopic (exact) mass is 620 g/mol. The Morgan fingerprint density at radius 2 is 1.52 bits per heavy atom. The van der Waals surface area contributed by atoms with Crippen LogP contribution in [0.5, 0.6) is 0 Å². The van der Waals surface area contributed by atoms with Gasteiger partial charge in [0.05, 0.1) is 10.5 Å². The SMILES string of the molecule is C[C@@H]1C[C@](c2ccc(C(F)(C(F)(F)F)C(F)(F)F)cc2)(S(=O)(=O)c2ccc(F)cc2)CCC1NC(=O)c1cccnc1. The third-order valence-corrected chi connectivity index (χ3v) is 10.2. The maximum Gasteiger partial charge on any atom is 0.435 e. The number of sulfone groups is 1. The van der Waals surface area contributed by atoms with Crippen LogP contribution >= 0.6 is 0 Å². The molecule has 0 aliphatic heterocycles. The fourth-order valence-corrected chi connectivity index (χ4v) is 7.65. The van der Waals surface area contributed by atoms with Crippen LogP contribution in [-0.2, 0) is 20.3 Å². The summed E-state index contributed by atoms with van der Waals surface area (Å²) in [5.41, 5.74) is -7.37. The van der Waals surface area contributed by atoms with E-state index in [0.29, 0.717) is 0 Å². The van der Waals surface area contributed by atoms with Crippen LogP contribution in [0.4, 0.5) is 35.1 Å². The number of alkyl halides is 7. The van der Waals surface area contributed by atoms with E-state index >= 15 is 0 Å². The van der Waals surface area contributed by atoms with E-state index in [1.54, 1.807) is 13.0 Å². The molecule has 1 aromatic heterocycles. The van der Waals surface area contributed by atoms with Crippen molar-refractivity contribution < 1.29 is 48.3 Å². The van der Waals surface area contributed by atoms with Crippen LogP contribution in [0.3, 0.4) is 0 Å². The molecule has 1 fully saturated rings. The van der Waals surface area contributed by atoms with Gasteiger partial charge in [0.15, 0.2) is 9.84 Å². The number of benzene rings is 2. The smallest absolute Gasteiger partial charge is 0.349 e. The van der Waals surface area contributed by atoms with E-state index in [9.17, 15) is 48.3 Å². The van der Waals surface area contributed by atoms with Gasteiger partial charge < -0.3 is 5.32 Å². The Morgan fingerprint density at radius 3 is 2.02 bits per heavy atom. The molecule has 1 saturated carbocycles. The Bertz CT molecular complexity index is 1510. The zero-order chi connectivity index (χ0) is 31.1. The van der Waals surface area contributed by atoms with Crippen molar-refractivity contribution >= 4 is 15.7 Å². The molecule has 0 spiro atoms. The first-order valence-electron chi connectivity index (χ1n) is 12.6. The van der Waals surface area contributed by atoms with Gasteiger partial charge in [-0.15, -0.1) is 0 Å². The number of nitrogens with one attached hydrogen (secondary N) is 1. The molecule has 4 rings (SSSR count). The van der Waals surface area contributed by atoms with Gasteiger partial charge in [-0.2, -0.15) is 26.3 Å². The van der Waals surface area contributed by atoms with Crippen LogP contribution in [0.15, 0.2) is 78.0 Å². The molecule has 1 aliphatic rings. The van der Waals surface area contributed by atoms with E-state index in [0.717, 1.165) is 36.4 Å². The lowest BCUT2D eigenvalue weighted by molar-refractivity contribution is -0.348. The lowest BCUT2D eigenvalue weighted by Crippen LogP contribution is -2.51. The van der Waals surface area contributed by atoms with E-state index in [-0.39, 0.29) is 47.4 Å². The molecule has 0 saturated heterocycles. The van der Waals surface area contributed by atoms with Crippen LogP contribution in [0.1, 0.15) is 47.7 Å². The Balaban J connectivity index is 1.77. The quantitative estimate of drug-likeness (QED) is 0.243. The summed E-state index contributed by atoms with van der Waals surface area (Å²) in [6.45, 7) is 1.64. The maximum absolute atomic E-state index is 14.7. The molecular formula is C28H24F8N2O3S. The number of carbonyl (C=O) groups is 1. The molecule has 3 atom stereocenters. The second-order valence-electron chi connectivity index (χ2n) is 10.2. The summed E-state index contributed by atoms with van der Waals surface area (Å²) in [5, 5.41) is 2.81. The Morgan fingerprint density at radius 1 is 0.929 bits per heavy atom. The van der Waals surface area contributed by atoms with E-state index in [1.807, 2.05) is 0 Å². The number of nitrogens with zero attached hydrogens (tertiary/aromatic N) is 1. The van der Waals surface area contributed by atoms with Crippen LogP contribution in [0.2, 0.25) is 0 Å². The standard InChI is InChI=1S/C28H24F8N2O3S/c1-17-15-25(42(40,41)22-10-8-21(29)9-11-22,13-12-23(17)38-24(39)18-3-2-14-37-16-18)19-4-6-20(7-5-19)26(30,27(31,32)33)28(34,35)36/h2-11,14,16-17,23H,12-13,15H2,1H3,(H,38,39)/t17-,23?,25-/m1/s1. The topological polar surface area (TPSA) is 76.1 Å². The molecule has 1 heterocycles. The zero-order valence-electron chi connectivity index (χ0n) is 21.8. The molecule has 1 aliphatic carbocycles. The van der Waals surface area contributed by atoms with Crippen molar-refractivity contribution in [2.24, 2.45) is 5.92 Å². The maximum atomic E-state index is 14.7. The highest BCUT2D eigenvalue weighted by Gasteiger charge is 2.73.